The zero-order chi connectivity index (χ0) is 28.7. The number of benzene rings is 3. The van der Waals surface area contributed by atoms with E-state index in [0.29, 0.717) is 12.2 Å². The van der Waals surface area contributed by atoms with Crippen LogP contribution < -0.4 is 9.62 Å². The number of nitrogens with one attached hydrogen (secondary N) is 1. The average molecular weight is 550 g/mol. The molecule has 208 valence electrons. The van der Waals surface area contributed by atoms with Crippen LogP contribution in [0.15, 0.2) is 77.7 Å². The number of sulfonamides is 1. The first kappa shape index (κ1) is 29.9. The number of hydrogen-bond donors (Lipinski definition) is 1. The lowest BCUT2D eigenvalue weighted by atomic mass is 10.1. The first-order valence-electron chi connectivity index (χ1n) is 13.2. The number of carbonyl (C=O) groups excluding carboxylic acids is 2. The van der Waals surface area contributed by atoms with Gasteiger partial charge in [-0.15, -0.1) is 0 Å². The van der Waals surface area contributed by atoms with Gasteiger partial charge >= 0.3 is 0 Å². The molecular formula is C31H39N3O4S. The Kier molecular flexibility index (Phi) is 9.92. The highest BCUT2D eigenvalue weighted by molar-refractivity contribution is 7.92. The van der Waals surface area contributed by atoms with E-state index >= 15 is 0 Å². The molecule has 1 atom stereocenters. The van der Waals surface area contributed by atoms with Gasteiger partial charge in [0.05, 0.1) is 10.6 Å². The molecule has 3 aromatic rings. The summed E-state index contributed by atoms with van der Waals surface area (Å²) in [5.41, 5.74) is 3.80. The highest BCUT2D eigenvalue weighted by Gasteiger charge is 2.33. The minimum Gasteiger partial charge on any atom is -0.354 e. The van der Waals surface area contributed by atoms with Crippen LogP contribution in [0.25, 0.3) is 0 Å². The SMILES string of the molecule is Cc1ccc(S(=O)(=O)N(CC(=O)N(Cc2ccccc2)C(C)C(=O)NCC(C)C)c2cc(C)ccc2C)cc1. The second kappa shape index (κ2) is 12.9. The van der Waals surface area contributed by atoms with E-state index in [2.05, 4.69) is 5.32 Å². The fraction of sp³-hybridized carbons (Fsp3) is 0.355. The summed E-state index contributed by atoms with van der Waals surface area (Å²) in [6, 6.07) is 20.7. The Balaban J connectivity index is 2.04. The molecule has 0 saturated carbocycles. The Hall–Kier alpha value is -3.65. The lowest BCUT2D eigenvalue weighted by molar-refractivity contribution is -0.139. The van der Waals surface area contributed by atoms with Crippen molar-refractivity contribution in [2.75, 3.05) is 17.4 Å². The van der Waals surface area contributed by atoms with E-state index in [9.17, 15) is 18.0 Å². The average Bonchev–Trinajstić information content (AvgIpc) is 2.90. The minimum absolute atomic E-state index is 0.0964. The number of nitrogens with zero attached hydrogens (tertiary/aromatic N) is 2. The Morgan fingerprint density at radius 1 is 0.846 bits per heavy atom. The van der Waals surface area contributed by atoms with E-state index in [1.54, 1.807) is 37.3 Å². The zero-order valence-corrected chi connectivity index (χ0v) is 24.5. The van der Waals surface area contributed by atoms with Gasteiger partial charge < -0.3 is 10.2 Å². The van der Waals surface area contributed by atoms with Gasteiger partial charge in [-0.3, -0.25) is 13.9 Å². The van der Waals surface area contributed by atoms with Crippen molar-refractivity contribution in [3.05, 3.63) is 95.1 Å². The molecule has 8 heteroatoms. The molecule has 0 spiro atoms. The van der Waals surface area contributed by atoms with E-state index in [1.165, 1.54) is 9.21 Å². The summed E-state index contributed by atoms with van der Waals surface area (Å²) >= 11 is 0. The molecule has 3 aromatic carbocycles. The van der Waals surface area contributed by atoms with Crippen molar-refractivity contribution >= 4 is 27.5 Å². The molecule has 0 aliphatic rings. The Morgan fingerprint density at radius 3 is 2.08 bits per heavy atom. The highest BCUT2D eigenvalue weighted by atomic mass is 32.2. The van der Waals surface area contributed by atoms with Crippen molar-refractivity contribution in [3.63, 3.8) is 0 Å². The summed E-state index contributed by atoms with van der Waals surface area (Å²) in [4.78, 5) is 28.6. The third kappa shape index (κ3) is 7.69. The maximum Gasteiger partial charge on any atom is 0.264 e. The van der Waals surface area contributed by atoms with Crippen molar-refractivity contribution in [1.29, 1.82) is 0 Å². The van der Waals surface area contributed by atoms with E-state index in [4.69, 9.17) is 0 Å². The number of rotatable bonds is 11. The molecule has 0 aliphatic carbocycles. The number of amides is 2. The zero-order valence-electron chi connectivity index (χ0n) is 23.6. The quantitative estimate of drug-likeness (QED) is 0.365. The lowest BCUT2D eigenvalue weighted by Crippen LogP contribution is -2.51. The fourth-order valence-electron chi connectivity index (χ4n) is 4.15. The van der Waals surface area contributed by atoms with Gasteiger partial charge in [-0.1, -0.05) is 74.0 Å². The second-order valence-corrected chi connectivity index (χ2v) is 12.3. The van der Waals surface area contributed by atoms with Gasteiger partial charge in [-0.05, 0) is 68.5 Å². The highest BCUT2D eigenvalue weighted by Crippen LogP contribution is 2.28. The van der Waals surface area contributed by atoms with Gasteiger partial charge in [0.2, 0.25) is 11.8 Å². The van der Waals surface area contributed by atoms with Crippen LogP contribution in [0.1, 0.15) is 43.0 Å². The molecule has 1 unspecified atom stereocenters. The summed E-state index contributed by atoms with van der Waals surface area (Å²) in [6.07, 6.45) is 0. The van der Waals surface area contributed by atoms with Gasteiger partial charge in [0.25, 0.3) is 10.0 Å². The molecule has 2 amide bonds. The maximum atomic E-state index is 14.0. The van der Waals surface area contributed by atoms with E-state index < -0.39 is 28.5 Å². The molecule has 0 aromatic heterocycles. The summed E-state index contributed by atoms with van der Waals surface area (Å²) in [5, 5.41) is 2.90. The maximum absolute atomic E-state index is 14.0. The van der Waals surface area contributed by atoms with Crippen molar-refractivity contribution in [2.24, 2.45) is 5.92 Å². The number of hydrogen-bond acceptors (Lipinski definition) is 4. The van der Waals surface area contributed by atoms with Crippen LogP contribution in [0.5, 0.6) is 0 Å². The number of aryl methyl sites for hydroxylation is 3. The summed E-state index contributed by atoms with van der Waals surface area (Å²) in [6.45, 7) is 11.4. The smallest absolute Gasteiger partial charge is 0.264 e. The lowest BCUT2D eigenvalue weighted by Gasteiger charge is -2.32. The standard InChI is InChI=1S/C31H39N3O4S/c1-22(2)19-32-31(36)26(6)33(20-27-10-8-7-9-11-27)30(35)21-34(29-18-24(4)12-15-25(29)5)39(37,38)28-16-13-23(3)14-17-28/h7-18,22,26H,19-21H2,1-6H3,(H,32,36). The molecule has 3 rings (SSSR count). The second-order valence-electron chi connectivity index (χ2n) is 10.4. The predicted molar refractivity (Wildman–Crippen MR) is 156 cm³/mol. The molecular weight excluding hydrogens is 510 g/mol. The molecule has 0 saturated heterocycles. The Morgan fingerprint density at radius 2 is 1.46 bits per heavy atom. The van der Waals surface area contributed by atoms with Crippen LogP contribution in [0.2, 0.25) is 0 Å². The molecule has 1 N–H and O–H groups in total. The van der Waals surface area contributed by atoms with Crippen LogP contribution in [0.4, 0.5) is 5.69 Å². The van der Waals surface area contributed by atoms with Crippen molar-refractivity contribution in [3.8, 4) is 0 Å². The Labute approximate surface area is 232 Å². The molecule has 7 nitrogen and oxygen atoms in total. The molecule has 0 heterocycles. The fourth-order valence-corrected chi connectivity index (χ4v) is 5.62. The topological polar surface area (TPSA) is 86.8 Å². The van der Waals surface area contributed by atoms with Crippen LogP contribution >= 0.6 is 0 Å². The van der Waals surface area contributed by atoms with Gasteiger partial charge in [-0.25, -0.2) is 8.42 Å². The number of carbonyl (C=O) groups is 2. The molecule has 0 fully saturated rings. The Bertz CT molecular complexity index is 1390. The third-order valence-corrected chi connectivity index (χ3v) is 8.34. The van der Waals surface area contributed by atoms with Crippen LogP contribution in [0, 0.1) is 26.7 Å². The third-order valence-electron chi connectivity index (χ3n) is 6.57. The number of anilines is 1. The predicted octanol–water partition coefficient (Wildman–Crippen LogP) is 5.00. The van der Waals surface area contributed by atoms with Crippen molar-refractivity contribution < 1.29 is 18.0 Å². The van der Waals surface area contributed by atoms with Gasteiger partial charge in [-0.2, -0.15) is 0 Å². The summed E-state index contributed by atoms with van der Waals surface area (Å²) in [5.74, 6) is -0.505. The molecule has 0 aliphatic heterocycles. The van der Waals surface area contributed by atoms with E-state index in [-0.39, 0.29) is 23.3 Å². The molecule has 39 heavy (non-hydrogen) atoms. The van der Waals surface area contributed by atoms with Crippen LogP contribution in [-0.2, 0) is 26.2 Å². The summed E-state index contributed by atoms with van der Waals surface area (Å²) < 4.78 is 29.1. The summed E-state index contributed by atoms with van der Waals surface area (Å²) in [7, 11) is -4.09. The van der Waals surface area contributed by atoms with Crippen LogP contribution in [0.3, 0.4) is 0 Å². The van der Waals surface area contributed by atoms with Crippen molar-refractivity contribution in [1.82, 2.24) is 10.2 Å². The first-order valence-corrected chi connectivity index (χ1v) is 14.6. The van der Waals surface area contributed by atoms with E-state index in [1.807, 2.05) is 77.1 Å². The van der Waals surface area contributed by atoms with E-state index in [0.717, 1.165) is 22.3 Å². The minimum atomic E-state index is -4.09. The van der Waals surface area contributed by atoms with Gasteiger partial charge in [0.15, 0.2) is 0 Å². The monoisotopic (exact) mass is 549 g/mol. The molecule has 0 radical (unpaired) electrons. The normalized spacial score (nSPS) is 12.2. The largest absolute Gasteiger partial charge is 0.354 e. The van der Waals surface area contributed by atoms with Gasteiger partial charge in [0, 0.05) is 13.1 Å². The molecule has 0 bridgehead atoms. The first-order chi connectivity index (χ1) is 18.4. The van der Waals surface area contributed by atoms with Crippen LogP contribution in [-0.4, -0.2) is 44.3 Å². The van der Waals surface area contributed by atoms with Gasteiger partial charge in [0.1, 0.15) is 12.6 Å². The van der Waals surface area contributed by atoms with Crippen molar-refractivity contribution in [2.45, 2.75) is 59.0 Å².